The van der Waals surface area contributed by atoms with Crippen molar-refractivity contribution in [3.8, 4) is 11.5 Å². The second-order valence-electron chi connectivity index (χ2n) is 7.12. The van der Waals surface area contributed by atoms with Crippen LogP contribution in [0.3, 0.4) is 0 Å². The lowest BCUT2D eigenvalue weighted by Gasteiger charge is -2.42. The van der Waals surface area contributed by atoms with Crippen LogP contribution in [-0.2, 0) is 4.79 Å². The molecule has 2 aliphatic rings. The molecular formula is C19H27N3O4. The van der Waals surface area contributed by atoms with E-state index in [-0.39, 0.29) is 24.0 Å². The van der Waals surface area contributed by atoms with E-state index in [1.54, 1.807) is 31.0 Å². The van der Waals surface area contributed by atoms with Crippen LogP contribution >= 0.6 is 0 Å². The number of ether oxygens (including phenoxy) is 2. The topological polar surface area (TPSA) is 62.3 Å². The molecule has 1 atom stereocenters. The molecule has 2 heterocycles. The summed E-state index contributed by atoms with van der Waals surface area (Å²) in [6, 6.07) is 7.46. The van der Waals surface area contributed by atoms with Gasteiger partial charge in [-0.05, 0) is 25.0 Å². The van der Waals surface area contributed by atoms with Crippen molar-refractivity contribution in [2.24, 2.45) is 5.92 Å². The summed E-state index contributed by atoms with van der Waals surface area (Å²) in [5.41, 5.74) is 0. The van der Waals surface area contributed by atoms with Crippen molar-refractivity contribution >= 4 is 11.9 Å². The zero-order chi connectivity index (χ0) is 18.7. The first-order valence-corrected chi connectivity index (χ1v) is 9.03. The average Bonchev–Trinajstić information content (AvgIpc) is 2.63. The first-order valence-electron chi connectivity index (χ1n) is 9.03. The van der Waals surface area contributed by atoms with E-state index < -0.39 is 0 Å². The van der Waals surface area contributed by atoms with Gasteiger partial charge in [0.25, 0.3) is 0 Å². The molecule has 26 heavy (non-hydrogen) atoms. The highest BCUT2D eigenvalue weighted by Gasteiger charge is 2.38. The van der Waals surface area contributed by atoms with E-state index in [1.165, 1.54) is 0 Å². The van der Waals surface area contributed by atoms with Crippen molar-refractivity contribution in [3.63, 3.8) is 0 Å². The Morgan fingerprint density at radius 3 is 2.54 bits per heavy atom. The Hall–Kier alpha value is -2.44. The van der Waals surface area contributed by atoms with E-state index in [0.717, 1.165) is 30.9 Å². The van der Waals surface area contributed by atoms with Crippen LogP contribution < -0.4 is 9.47 Å². The third-order valence-electron chi connectivity index (χ3n) is 4.93. The largest absolute Gasteiger partial charge is 0.497 e. The summed E-state index contributed by atoms with van der Waals surface area (Å²) in [5.74, 6) is 1.53. The van der Waals surface area contributed by atoms with Gasteiger partial charge in [0.2, 0.25) is 5.91 Å². The van der Waals surface area contributed by atoms with Crippen LogP contribution in [0.4, 0.5) is 4.79 Å². The van der Waals surface area contributed by atoms with Crippen molar-refractivity contribution in [2.45, 2.75) is 18.9 Å². The van der Waals surface area contributed by atoms with E-state index in [1.807, 2.05) is 29.2 Å². The predicted molar refractivity (Wildman–Crippen MR) is 97.4 cm³/mol. The number of amides is 3. The summed E-state index contributed by atoms with van der Waals surface area (Å²) in [5, 5.41) is 0. The predicted octanol–water partition coefficient (Wildman–Crippen LogP) is 1.68. The third-order valence-corrected chi connectivity index (χ3v) is 4.93. The number of nitrogens with zero attached hydrogens (tertiary/aromatic N) is 3. The third kappa shape index (κ3) is 4.03. The highest BCUT2D eigenvalue weighted by molar-refractivity contribution is 5.81. The summed E-state index contributed by atoms with van der Waals surface area (Å²) < 4.78 is 11.1. The van der Waals surface area contributed by atoms with Crippen LogP contribution in [0.5, 0.6) is 11.5 Å². The maximum Gasteiger partial charge on any atom is 0.319 e. The number of hydrogen-bond donors (Lipinski definition) is 0. The van der Waals surface area contributed by atoms with E-state index in [9.17, 15) is 9.59 Å². The van der Waals surface area contributed by atoms with E-state index >= 15 is 0 Å². The fourth-order valence-electron chi connectivity index (χ4n) is 3.45. The van der Waals surface area contributed by atoms with Crippen molar-refractivity contribution in [1.29, 1.82) is 0 Å². The molecule has 0 bridgehead atoms. The van der Waals surface area contributed by atoms with Crippen LogP contribution in [0.2, 0.25) is 0 Å². The molecule has 0 N–H and O–H groups in total. The van der Waals surface area contributed by atoms with Crippen molar-refractivity contribution < 1.29 is 19.1 Å². The Morgan fingerprint density at radius 1 is 1.12 bits per heavy atom. The minimum Gasteiger partial charge on any atom is -0.497 e. The van der Waals surface area contributed by atoms with Gasteiger partial charge in [-0.25, -0.2) is 4.79 Å². The fraction of sp³-hybridized carbons (Fsp3) is 0.579. The summed E-state index contributed by atoms with van der Waals surface area (Å²) in [4.78, 5) is 30.0. The molecule has 3 amide bonds. The van der Waals surface area contributed by atoms with Crippen LogP contribution in [0.1, 0.15) is 12.8 Å². The van der Waals surface area contributed by atoms with Gasteiger partial charge in [0.15, 0.2) is 0 Å². The zero-order valence-corrected chi connectivity index (χ0v) is 15.7. The molecular weight excluding hydrogens is 334 g/mol. The normalized spacial score (nSPS) is 20.3. The molecule has 1 aromatic rings. The monoisotopic (exact) mass is 361 g/mol. The molecule has 0 aliphatic carbocycles. The average molecular weight is 361 g/mol. The van der Waals surface area contributed by atoms with Gasteiger partial charge in [0.1, 0.15) is 17.6 Å². The highest BCUT2D eigenvalue weighted by atomic mass is 16.5. The number of carbonyl (C=O) groups is 2. The van der Waals surface area contributed by atoms with Gasteiger partial charge < -0.3 is 24.2 Å². The lowest BCUT2D eigenvalue weighted by atomic mass is 9.95. The molecule has 0 unspecified atom stereocenters. The number of methoxy groups -OCH3 is 1. The minimum atomic E-state index is -0.106. The molecule has 2 fully saturated rings. The van der Waals surface area contributed by atoms with Crippen LogP contribution in [0, 0.1) is 5.92 Å². The smallest absolute Gasteiger partial charge is 0.319 e. The molecule has 0 aromatic heterocycles. The lowest BCUT2D eigenvalue weighted by Crippen LogP contribution is -2.59. The molecule has 0 spiro atoms. The van der Waals surface area contributed by atoms with Crippen molar-refractivity contribution in [1.82, 2.24) is 14.7 Å². The van der Waals surface area contributed by atoms with Crippen molar-refractivity contribution in [3.05, 3.63) is 24.3 Å². The van der Waals surface area contributed by atoms with E-state index in [2.05, 4.69) is 0 Å². The Kier molecular flexibility index (Phi) is 5.54. The summed E-state index contributed by atoms with van der Waals surface area (Å²) in [6.45, 7) is 2.42. The molecule has 7 heteroatoms. The molecule has 3 rings (SSSR count). The summed E-state index contributed by atoms with van der Waals surface area (Å²) >= 11 is 0. The Bertz CT molecular complexity index is 658. The number of hydrogen-bond acceptors (Lipinski definition) is 4. The Balaban J connectivity index is 1.49. The number of carbonyl (C=O) groups excluding carboxylic acids is 2. The number of likely N-dealkylation sites (tertiary alicyclic amines) is 2. The molecule has 2 saturated heterocycles. The summed E-state index contributed by atoms with van der Waals surface area (Å²) in [6.07, 6.45) is 1.72. The minimum absolute atomic E-state index is 0.00848. The van der Waals surface area contributed by atoms with Crippen LogP contribution in [0.25, 0.3) is 0 Å². The Morgan fingerprint density at radius 2 is 1.85 bits per heavy atom. The standard InChI is InChI=1S/C19H27N3O4/c1-20(2)19(24)21-9-5-6-14(11-21)18(23)22-12-17(13-22)26-16-8-4-7-15(10-16)25-3/h4,7-8,10,14,17H,5-6,9,11-13H2,1-3H3/t14-/m1/s1. The maximum absolute atomic E-state index is 12.7. The fourth-order valence-corrected chi connectivity index (χ4v) is 3.45. The van der Waals surface area contributed by atoms with Crippen LogP contribution in [-0.4, -0.2) is 80.1 Å². The van der Waals surface area contributed by atoms with Gasteiger partial charge in [0.05, 0.1) is 26.1 Å². The van der Waals surface area contributed by atoms with Crippen molar-refractivity contribution in [2.75, 3.05) is 47.4 Å². The Labute approximate surface area is 154 Å². The van der Waals surface area contributed by atoms with E-state index in [0.29, 0.717) is 19.6 Å². The number of rotatable bonds is 4. The second kappa shape index (κ2) is 7.85. The second-order valence-corrected chi connectivity index (χ2v) is 7.12. The molecule has 7 nitrogen and oxygen atoms in total. The molecule has 0 saturated carbocycles. The van der Waals surface area contributed by atoms with E-state index in [4.69, 9.17) is 9.47 Å². The molecule has 0 radical (unpaired) electrons. The SMILES string of the molecule is COc1cccc(OC2CN(C(=O)[C@@H]3CCCN(C(=O)N(C)C)C3)C2)c1. The quantitative estimate of drug-likeness (QED) is 0.819. The van der Waals surface area contributed by atoms with Crippen LogP contribution in [0.15, 0.2) is 24.3 Å². The lowest BCUT2D eigenvalue weighted by molar-refractivity contribution is -0.146. The first-order chi connectivity index (χ1) is 12.5. The number of benzene rings is 1. The first kappa shape index (κ1) is 18.4. The van der Waals surface area contributed by atoms with Gasteiger partial charge in [-0.15, -0.1) is 0 Å². The number of piperidine rings is 1. The molecule has 2 aliphatic heterocycles. The highest BCUT2D eigenvalue weighted by Crippen LogP contribution is 2.26. The number of urea groups is 1. The van der Waals surface area contributed by atoms with Gasteiger partial charge in [0, 0.05) is 33.3 Å². The molecule has 1 aromatic carbocycles. The zero-order valence-electron chi connectivity index (χ0n) is 15.7. The summed E-state index contributed by atoms with van der Waals surface area (Å²) in [7, 11) is 5.10. The van der Waals surface area contributed by atoms with Gasteiger partial charge in [-0.3, -0.25) is 4.79 Å². The van der Waals surface area contributed by atoms with Gasteiger partial charge in [-0.1, -0.05) is 6.07 Å². The maximum atomic E-state index is 12.7. The molecule has 142 valence electrons. The van der Waals surface area contributed by atoms with Gasteiger partial charge >= 0.3 is 6.03 Å². The van der Waals surface area contributed by atoms with Gasteiger partial charge in [-0.2, -0.15) is 0 Å².